The van der Waals surface area contributed by atoms with E-state index < -0.39 is 11.8 Å². The summed E-state index contributed by atoms with van der Waals surface area (Å²) in [7, 11) is 0. The molecule has 0 fully saturated rings. The molecule has 2 aromatic carbocycles. The maximum Gasteiger partial charge on any atom is 0.309 e. The number of halogens is 1. The molecule has 0 bridgehead atoms. The van der Waals surface area contributed by atoms with Crippen molar-refractivity contribution in [3.8, 4) is 0 Å². The minimum Gasteiger partial charge on any atom is -0.467 e. The smallest absolute Gasteiger partial charge is 0.309 e. The number of amides is 2. The second-order valence-electron chi connectivity index (χ2n) is 7.12. The zero-order valence-electron chi connectivity index (χ0n) is 16.3. The van der Waals surface area contributed by atoms with Crippen LogP contribution >= 0.6 is 0 Å². The number of benzene rings is 2. The number of nitrogens with one attached hydrogen (secondary N) is 2. The summed E-state index contributed by atoms with van der Waals surface area (Å²) in [6.45, 7) is 1.18. The number of nitrogens with zero attached hydrogens (tertiary/aromatic N) is 1. The number of carbonyl (C=O) groups excluding carboxylic acids is 2. The minimum absolute atomic E-state index is 0.146. The van der Waals surface area contributed by atoms with E-state index in [1.165, 1.54) is 17.7 Å². The van der Waals surface area contributed by atoms with Crippen LogP contribution in [0.3, 0.4) is 0 Å². The summed E-state index contributed by atoms with van der Waals surface area (Å²) in [5, 5.41) is 5.26. The molecule has 0 saturated heterocycles. The van der Waals surface area contributed by atoms with Gasteiger partial charge in [-0.05, 0) is 47.9 Å². The molecular formula is C23H22FN3O3. The van der Waals surface area contributed by atoms with E-state index in [1.54, 1.807) is 18.4 Å². The third kappa shape index (κ3) is 4.35. The standard InChI is InChI=1S/C23H22FN3O3/c24-18-9-7-16(8-10-18)14-25-22(28)23(29)26-15-20(21-6-3-13-30-21)27-12-11-17-4-1-2-5-19(17)27/h1-10,13,20H,11-12,14-15H2,(H,25,28)(H,26,29)/t20-/m0/s1. The Balaban J connectivity index is 1.38. The SMILES string of the molecule is O=C(NCc1ccc(F)cc1)C(=O)NC[C@@H](c1ccco1)N1CCc2ccccc21. The second kappa shape index (κ2) is 8.82. The molecule has 7 heteroatoms. The Hall–Kier alpha value is -3.61. The highest BCUT2D eigenvalue weighted by atomic mass is 19.1. The highest BCUT2D eigenvalue weighted by Crippen LogP contribution is 2.34. The van der Waals surface area contributed by atoms with Gasteiger partial charge in [0.1, 0.15) is 17.6 Å². The van der Waals surface area contributed by atoms with Gasteiger partial charge in [0.2, 0.25) is 0 Å². The van der Waals surface area contributed by atoms with Gasteiger partial charge in [-0.25, -0.2) is 4.39 Å². The molecule has 2 amide bonds. The van der Waals surface area contributed by atoms with Gasteiger partial charge in [-0.2, -0.15) is 0 Å². The van der Waals surface area contributed by atoms with E-state index in [1.807, 2.05) is 24.3 Å². The van der Waals surface area contributed by atoms with E-state index in [2.05, 4.69) is 27.7 Å². The molecule has 4 rings (SSSR count). The van der Waals surface area contributed by atoms with Gasteiger partial charge in [0.25, 0.3) is 0 Å². The Kier molecular flexibility index (Phi) is 5.79. The van der Waals surface area contributed by atoms with Crippen molar-refractivity contribution in [2.75, 3.05) is 18.0 Å². The lowest BCUT2D eigenvalue weighted by atomic mass is 10.1. The molecule has 0 spiro atoms. The number of fused-ring (bicyclic) bond motifs is 1. The van der Waals surface area contributed by atoms with Gasteiger partial charge in [-0.3, -0.25) is 9.59 Å². The van der Waals surface area contributed by atoms with Crippen molar-refractivity contribution >= 4 is 17.5 Å². The van der Waals surface area contributed by atoms with E-state index in [0.717, 1.165) is 24.4 Å². The van der Waals surface area contributed by atoms with Crippen molar-refractivity contribution < 1.29 is 18.4 Å². The predicted molar refractivity (Wildman–Crippen MR) is 110 cm³/mol. The number of hydrogen-bond donors (Lipinski definition) is 2. The number of furan rings is 1. The Labute approximate surface area is 173 Å². The normalized spacial score (nSPS) is 13.6. The lowest BCUT2D eigenvalue weighted by Crippen LogP contribution is -2.43. The van der Waals surface area contributed by atoms with Crippen LogP contribution in [0.15, 0.2) is 71.3 Å². The number of hydrogen-bond acceptors (Lipinski definition) is 4. The average Bonchev–Trinajstić information content (AvgIpc) is 3.44. The molecule has 0 saturated carbocycles. The van der Waals surface area contributed by atoms with Crippen LogP contribution in [0.25, 0.3) is 0 Å². The average molecular weight is 407 g/mol. The van der Waals surface area contributed by atoms with Crippen molar-refractivity contribution in [3.05, 3.63) is 89.6 Å². The van der Waals surface area contributed by atoms with Gasteiger partial charge in [0.05, 0.1) is 6.26 Å². The van der Waals surface area contributed by atoms with Gasteiger partial charge in [-0.1, -0.05) is 30.3 Å². The fourth-order valence-corrected chi connectivity index (χ4v) is 3.67. The second-order valence-corrected chi connectivity index (χ2v) is 7.12. The van der Waals surface area contributed by atoms with Crippen molar-refractivity contribution in [2.45, 2.75) is 19.0 Å². The molecule has 6 nitrogen and oxygen atoms in total. The zero-order chi connectivity index (χ0) is 20.9. The summed E-state index contributed by atoms with van der Waals surface area (Å²) in [6.07, 6.45) is 2.51. The molecule has 0 radical (unpaired) electrons. The van der Waals surface area contributed by atoms with Crippen LogP contribution in [0.2, 0.25) is 0 Å². The topological polar surface area (TPSA) is 74.6 Å². The lowest BCUT2D eigenvalue weighted by molar-refractivity contribution is -0.139. The van der Waals surface area contributed by atoms with E-state index in [-0.39, 0.29) is 24.9 Å². The first-order chi connectivity index (χ1) is 14.6. The van der Waals surface area contributed by atoms with Gasteiger partial charge < -0.3 is 20.0 Å². The maximum absolute atomic E-state index is 13.0. The Morgan fingerprint density at radius 2 is 1.77 bits per heavy atom. The lowest BCUT2D eigenvalue weighted by Gasteiger charge is -2.29. The highest BCUT2D eigenvalue weighted by molar-refractivity contribution is 6.35. The number of rotatable bonds is 6. The van der Waals surface area contributed by atoms with Gasteiger partial charge in [0, 0.05) is 25.3 Å². The van der Waals surface area contributed by atoms with Crippen LogP contribution in [-0.4, -0.2) is 24.9 Å². The first-order valence-electron chi connectivity index (χ1n) is 9.80. The number of para-hydroxylation sites is 1. The fourth-order valence-electron chi connectivity index (χ4n) is 3.67. The molecule has 30 heavy (non-hydrogen) atoms. The van der Waals surface area contributed by atoms with Crippen molar-refractivity contribution in [3.63, 3.8) is 0 Å². The summed E-state index contributed by atoms with van der Waals surface area (Å²) in [6, 6.07) is 17.3. The summed E-state index contributed by atoms with van der Waals surface area (Å²) >= 11 is 0. The molecule has 2 N–H and O–H groups in total. The van der Waals surface area contributed by atoms with Gasteiger partial charge in [0.15, 0.2) is 0 Å². The Morgan fingerprint density at radius 1 is 1.00 bits per heavy atom. The largest absolute Gasteiger partial charge is 0.467 e. The van der Waals surface area contributed by atoms with Gasteiger partial charge >= 0.3 is 11.8 Å². The van der Waals surface area contributed by atoms with E-state index >= 15 is 0 Å². The summed E-state index contributed by atoms with van der Waals surface area (Å²) in [4.78, 5) is 26.7. The summed E-state index contributed by atoms with van der Waals surface area (Å²) in [5.41, 5.74) is 3.06. The molecule has 154 valence electrons. The molecule has 1 atom stereocenters. The van der Waals surface area contributed by atoms with Crippen LogP contribution in [0.4, 0.5) is 10.1 Å². The van der Waals surface area contributed by atoms with Crippen LogP contribution in [0, 0.1) is 5.82 Å². The van der Waals surface area contributed by atoms with E-state index in [4.69, 9.17) is 4.42 Å². The first kappa shape index (κ1) is 19.7. The van der Waals surface area contributed by atoms with Crippen molar-refractivity contribution in [1.82, 2.24) is 10.6 Å². The Morgan fingerprint density at radius 3 is 2.53 bits per heavy atom. The number of carbonyl (C=O) groups is 2. The monoisotopic (exact) mass is 407 g/mol. The van der Waals surface area contributed by atoms with Crippen molar-refractivity contribution in [2.24, 2.45) is 0 Å². The highest BCUT2D eigenvalue weighted by Gasteiger charge is 2.29. The van der Waals surface area contributed by atoms with E-state index in [9.17, 15) is 14.0 Å². The maximum atomic E-state index is 13.0. The van der Waals surface area contributed by atoms with Crippen LogP contribution in [0.5, 0.6) is 0 Å². The van der Waals surface area contributed by atoms with Crippen molar-refractivity contribution in [1.29, 1.82) is 0 Å². The Bertz CT molecular complexity index is 1020. The van der Waals surface area contributed by atoms with Crippen LogP contribution < -0.4 is 15.5 Å². The van der Waals surface area contributed by atoms with Crippen LogP contribution in [0.1, 0.15) is 22.9 Å². The summed E-state index contributed by atoms with van der Waals surface area (Å²) < 4.78 is 18.6. The molecular weight excluding hydrogens is 385 g/mol. The molecule has 1 aliphatic rings. The quantitative estimate of drug-likeness (QED) is 0.616. The minimum atomic E-state index is -0.737. The molecule has 3 aromatic rings. The molecule has 1 aromatic heterocycles. The third-order valence-electron chi connectivity index (χ3n) is 5.20. The molecule has 1 aliphatic heterocycles. The number of anilines is 1. The summed E-state index contributed by atoms with van der Waals surface area (Å²) in [5.74, 6) is -1.09. The third-order valence-corrected chi connectivity index (χ3v) is 5.20. The zero-order valence-corrected chi connectivity index (χ0v) is 16.3. The predicted octanol–water partition coefficient (Wildman–Crippen LogP) is 2.96. The van der Waals surface area contributed by atoms with Gasteiger partial charge in [-0.15, -0.1) is 0 Å². The molecule has 2 heterocycles. The molecule has 0 unspecified atom stereocenters. The first-order valence-corrected chi connectivity index (χ1v) is 9.80. The van der Waals surface area contributed by atoms with Crippen LogP contribution in [-0.2, 0) is 22.6 Å². The van der Waals surface area contributed by atoms with E-state index in [0.29, 0.717) is 5.56 Å². The fraction of sp³-hybridized carbons (Fsp3) is 0.217. The molecule has 0 aliphatic carbocycles.